The van der Waals surface area contributed by atoms with E-state index in [2.05, 4.69) is 9.71 Å². The molecule has 3 aromatic rings. The van der Waals surface area contributed by atoms with Gasteiger partial charge in [-0.15, -0.1) is 0 Å². The highest BCUT2D eigenvalue weighted by molar-refractivity contribution is 7.89. The molecule has 0 fully saturated rings. The van der Waals surface area contributed by atoms with Gasteiger partial charge in [0.05, 0.1) is 4.90 Å². The molecule has 0 aliphatic heterocycles. The number of hydrogen-bond donors (Lipinski definition) is 2. The fourth-order valence-corrected chi connectivity index (χ4v) is 4.04. The summed E-state index contributed by atoms with van der Waals surface area (Å²) in [6.45, 7) is 6.05. The predicted octanol–water partition coefficient (Wildman–Crippen LogP) is 3.87. The zero-order valence-electron chi connectivity index (χ0n) is 14.4. The Morgan fingerprint density at radius 3 is 2.48 bits per heavy atom. The molecule has 6 heteroatoms. The molecule has 25 heavy (non-hydrogen) atoms. The molecule has 0 radical (unpaired) electrons. The monoisotopic (exact) mass is 360 g/mol. The fraction of sp³-hybridized carbons (Fsp3) is 0.263. The summed E-state index contributed by atoms with van der Waals surface area (Å²) in [6, 6.07) is 11.3. The van der Waals surface area contributed by atoms with Crippen LogP contribution in [-0.2, 0) is 15.4 Å². The second-order valence-corrected chi connectivity index (χ2v) is 8.68. The molecule has 2 aromatic carbocycles. The van der Waals surface area contributed by atoms with E-state index in [-0.39, 0.29) is 17.3 Å². The lowest BCUT2D eigenvalue weighted by Gasteiger charge is -2.25. The number of halogens is 1. The Morgan fingerprint density at radius 1 is 1.12 bits per heavy atom. The van der Waals surface area contributed by atoms with Crippen LogP contribution in [0.2, 0.25) is 0 Å². The third-order valence-corrected chi connectivity index (χ3v) is 5.83. The van der Waals surface area contributed by atoms with Gasteiger partial charge in [-0.05, 0) is 42.8 Å². The van der Waals surface area contributed by atoms with E-state index in [1.165, 1.54) is 12.1 Å². The van der Waals surface area contributed by atoms with Crippen LogP contribution in [0.4, 0.5) is 4.39 Å². The van der Waals surface area contributed by atoms with Gasteiger partial charge in [-0.1, -0.05) is 31.5 Å². The van der Waals surface area contributed by atoms with E-state index in [1.54, 1.807) is 30.3 Å². The van der Waals surface area contributed by atoms with E-state index >= 15 is 0 Å². The zero-order valence-corrected chi connectivity index (χ0v) is 15.2. The lowest BCUT2D eigenvalue weighted by Crippen LogP contribution is -2.36. The minimum atomic E-state index is -3.58. The minimum Gasteiger partial charge on any atom is -0.361 e. The molecule has 2 N–H and O–H groups in total. The maximum atomic E-state index is 13.4. The summed E-state index contributed by atoms with van der Waals surface area (Å²) in [6.07, 6.45) is 1.81. The highest BCUT2D eigenvalue weighted by Crippen LogP contribution is 2.30. The van der Waals surface area contributed by atoms with Crippen molar-refractivity contribution in [3.05, 3.63) is 65.6 Å². The Morgan fingerprint density at radius 2 is 1.80 bits per heavy atom. The Labute approximate surface area is 147 Å². The van der Waals surface area contributed by atoms with Crippen LogP contribution >= 0.6 is 0 Å². The predicted molar refractivity (Wildman–Crippen MR) is 97.7 cm³/mol. The molecule has 4 nitrogen and oxygen atoms in total. The van der Waals surface area contributed by atoms with E-state index in [0.717, 1.165) is 16.5 Å². The third kappa shape index (κ3) is 3.60. The van der Waals surface area contributed by atoms with Crippen molar-refractivity contribution in [2.45, 2.75) is 31.1 Å². The maximum Gasteiger partial charge on any atom is 0.240 e. The highest BCUT2D eigenvalue weighted by Gasteiger charge is 2.26. The summed E-state index contributed by atoms with van der Waals surface area (Å²) in [4.78, 5) is 3.30. The molecule has 0 amide bonds. The van der Waals surface area contributed by atoms with Gasteiger partial charge in [-0.3, -0.25) is 0 Å². The SMILES string of the molecule is Cc1ccc(S(=O)(=O)NCC(C)(C)c2c[nH]c3cc(F)ccc23)cc1. The Bertz CT molecular complexity index is 1010. The number of fused-ring (bicyclic) bond motifs is 1. The van der Waals surface area contributed by atoms with Crippen LogP contribution in [-0.4, -0.2) is 19.9 Å². The average Bonchev–Trinajstić information content (AvgIpc) is 2.97. The molecule has 1 aromatic heterocycles. The summed E-state index contributed by atoms with van der Waals surface area (Å²) >= 11 is 0. The number of benzene rings is 2. The van der Waals surface area contributed by atoms with Crippen molar-refractivity contribution in [3.63, 3.8) is 0 Å². The first-order valence-electron chi connectivity index (χ1n) is 8.02. The van der Waals surface area contributed by atoms with Crippen LogP contribution < -0.4 is 4.72 Å². The van der Waals surface area contributed by atoms with Crippen molar-refractivity contribution < 1.29 is 12.8 Å². The number of sulfonamides is 1. The van der Waals surface area contributed by atoms with Gasteiger partial charge in [0.15, 0.2) is 0 Å². The van der Waals surface area contributed by atoms with Crippen LogP contribution in [0.5, 0.6) is 0 Å². The average molecular weight is 360 g/mol. The van der Waals surface area contributed by atoms with Gasteiger partial charge >= 0.3 is 0 Å². The van der Waals surface area contributed by atoms with Gasteiger partial charge in [0.25, 0.3) is 0 Å². The Balaban J connectivity index is 1.84. The van der Waals surface area contributed by atoms with Crippen LogP contribution in [0.25, 0.3) is 10.9 Å². The summed E-state index contributed by atoms with van der Waals surface area (Å²) in [5.74, 6) is -0.307. The molecule has 3 rings (SSSR count). The van der Waals surface area contributed by atoms with Gasteiger partial charge in [-0.2, -0.15) is 0 Å². The largest absolute Gasteiger partial charge is 0.361 e. The molecule has 0 saturated heterocycles. The second kappa shape index (κ2) is 6.28. The smallest absolute Gasteiger partial charge is 0.240 e. The normalized spacial score (nSPS) is 12.6. The lowest BCUT2D eigenvalue weighted by atomic mass is 9.85. The van der Waals surface area contributed by atoms with E-state index in [0.29, 0.717) is 5.52 Å². The summed E-state index contributed by atoms with van der Waals surface area (Å²) in [5.41, 5.74) is 2.18. The van der Waals surface area contributed by atoms with Crippen LogP contribution in [0, 0.1) is 12.7 Å². The van der Waals surface area contributed by atoms with Crippen LogP contribution in [0.3, 0.4) is 0 Å². The lowest BCUT2D eigenvalue weighted by molar-refractivity contribution is 0.504. The first kappa shape index (κ1) is 17.6. The van der Waals surface area contributed by atoms with E-state index in [1.807, 2.05) is 27.0 Å². The van der Waals surface area contributed by atoms with Gasteiger partial charge in [0.1, 0.15) is 5.82 Å². The van der Waals surface area contributed by atoms with E-state index < -0.39 is 15.4 Å². The fourth-order valence-electron chi connectivity index (χ4n) is 2.83. The van der Waals surface area contributed by atoms with Crippen molar-refractivity contribution >= 4 is 20.9 Å². The van der Waals surface area contributed by atoms with Gasteiger partial charge in [0, 0.05) is 29.1 Å². The van der Waals surface area contributed by atoms with Crippen LogP contribution in [0.15, 0.2) is 53.6 Å². The number of hydrogen-bond acceptors (Lipinski definition) is 2. The van der Waals surface area contributed by atoms with Crippen molar-refractivity contribution in [3.8, 4) is 0 Å². The van der Waals surface area contributed by atoms with Crippen molar-refractivity contribution in [2.24, 2.45) is 0 Å². The number of H-pyrrole nitrogens is 1. The molecule has 0 atom stereocenters. The van der Waals surface area contributed by atoms with Crippen LogP contribution in [0.1, 0.15) is 25.0 Å². The molecule has 132 valence electrons. The van der Waals surface area contributed by atoms with E-state index in [4.69, 9.17) is 0 Å². The number of rotatable bonds is 5. The number of aromatic amines is 1. The number of aryl methyl sites for hydroxylation is 1. The molecule has 0 bridgehead atoms. The maximum absolute atomic E-state index is 13.4. The molecule has 0 saturated carbocycles. The Kier molecular flexibility index (Phi) is 4.43. The quantitative estimate of drug-likeness (QED) is 0.725. The van der Waals surface area contributed by atoms with E-state index in [9.17, 15) is 12.8 Å². The minimum absolute atomic E-state index is 0.230. The topological polar surface area (TPSA) is 62.0 Å². The highest BCUT2D eigenvalue weighted by atomic mass is 32.2. The number of nitrogens with one attached hydrogen (secondary N) is 2. The molecular formula is C19H21FN2O2S. The Hall–Kier alpha value is -2.18. The first-order chi connectivity index (χ1) is 11.7. The first-order valence-corrected chi connectivity index (χ1v) is 9.51. The summed E-state index contributed by atoms with van der Waals surface area (Å²) < 4.78 is 41.0. The van der Waals surface area contributed by atoms with Crippen molar-refractivity contribution in [2.75, 3.05) is 6.54 Å². The van der Waals surface area contributed by atoms with Crippen molar-refractivity contribution in [1.29, 1.82) is 0 Å². The molecular weight excluding hydrogens is 339 g/mol. The zero-order chi connectivity index (χ0) is 18.2. The molecule has 0 aliphatic rings. The summed E-state index contributed by atoms with van der Waals surface area (Å²) in [5, 5.41) is 0.890. The molecule has 0 spiro atoms. The standard InChI is InChI=1S/C19H21FN2O2S/c1-13-4-7-15(8-5-13)25(23,24)22-12-19(2,3)17-11-21-18-10-14(20)6-9-16(17)18/h4-11,21-22H,12H2,1-3H3. The third-order valence-electron chi connectivity index (χ3n) is 4.41. The summed E-state index contributed by atoms with van der Waals surface area (Å²) in [7, 11) is -3.58. The van der Waals surface area contributed by atoms with Crippen molar-refractivity contribution in [1.82, 2.24) is 9.71 Å². The van der Waals surface area contributed by atoms with Gasteiger partial charge in [0.2, 0.25) is 10.0 Å². The molecule has 1 heterocycles. The second-order valence-electron chi connectivity index (χ2n) is 6.91. The molecule has 0 unspecified atom stereocenters. The molecule has 0 aliphatic carbocycles. The van der Waals surface area contributed by atoms with Gasteiger partial charge < -0.3 is 4.98 Å². The van der Waals surface area contributed by atoms with Gasteiger partial charge in [-0.25, -0.2) is 17.5 Å². The number of aromatic nitrogens is 1.